The molecule has 0 radical (unpaired) electrons. The summed E-state index contributed by atoms with van der Waals surface area (Å²) >= 11 is 0. The lowest BCUT2D eigenvalue weighted by atomic mass is 9.98. The third kappa shape index (κ3) is 5.09. The Labute approximate surface area is 115 Å². The van der Waals surface area contributed by atoms with Crippen molar-refractivity contribution in [2.45, 2.75) is 63.2 Å². The van der Waals surface area contributed by atoms with E-state index in [1.165, 1.54) is 19.3 Å². The molecule has 2 unspecified atom stereocenters. The number of ether oxygens (including phenoxy) is 1. The summed E-state index contributed by atoms with van der Waals surface area (Å²) in [5.74, 6) is 0.0478. The molecule has 1 aliphatic carbocycles. The molecule has 0 aromatic carbocycles. The molecule has 0 aromatic rings. The van der Waals surface area contributed by atoms with Gasteiger partial charge < -0.3 is 20.5 Å². The second-order valence-corrected chi connectivity index (χ2v) is 5.64. The highest BCUT2D eigenvalue weighted by Crippen LogP contribution is 2.20. The van der Waals surface area contributed by atoms with Gasteiger partial charge in [0.15, 0.2) is 0 Å². The van der Waals surface area contributed by atoms with Crippen LogP contribution in [0.15, 0.2) is 0 Å². The molecular weight excluding hydrogens is 244 g/mol. The van der Waals surface area contributed by atoms with Gasteiger partial charge in [-0.3, -0.25) is 4.79 Å². The Bertz CT molecular complexity index is 280. The van der Waals surface area contributed by atoms with Gasteiger partial charge >= 0.3 is 0 Å². The largest absolute Gasteiger partial charge is 0.389 e. The van der Waals surface area contributed by atoms with E-state index < -0.39 is 6.10 Å². The van der Waals surface area contributed by atoms with Gasteiger partial charge in [0.2, 0.25) is 5.91 Å². The lowest BCUT2D eigenvalue weighted by molar-refractivity contribution is -0.124. The summed E-state index contributed by atoms with van der Waals surface area (Å²) < 4.78 is 5.72. The number of carbonyl (C=O) groups is 1. The number of amides is 1. The smallest absolute Gasteiger partial charge is 0.237 e. The van der Waals surface area contributed by atoms with Gasteiger partial charge in [0.25, 0.3) is 0 Å². The number of hydrogen-bond donors (Lipinski definition) is 3. The number of hydrogen-bond acceptors (Lipinski definition) is 4. The molecule has 110 valence electrons. The van der Waals surface area contributed by atoms with Gasteiger partial charge in [0.1, 0.15) is 0 Å². The fourth-order valence-corrected chi connectivity index (χ4v) is 2.78. The van der Waals surface area contributed by atoms with Crippen LogP contribution in [0.3, 0.4) is 0 Å². The Morgan fingerprint density at radius 3 is 2.79 bits per heavy atom. The predicted octanol–water partition coefficient (Wildman–Crippen LogP) is 0.565. The van der Waals surface area contributed by atoms with Gasteiger partial charge in [-0.1, -0.05) is 19.3 Å². The number of aliphatic hydroxyl groups is 1. The molecule has 1 amide bonds. The van der Waals surface area contributed by atoms with Gasteiger partial charge in [-0.2, -0.15) is 0 Å². The summed E-state index contributed by atoms with van der Waals surface area (Å²) in [6.45, 7) is 1.56. The lowest BCUT2D eigenvalue weighted by Crippen LogP contribution is -2.50. The molecule has 0 aromatic heterocycles. The van der Waals surface area contributed by atoms with Crippen molar-refractivity contribution in [3.8, 4) is 0 Å². The van der Waals surface area contributed by atoms with E-state index in [1.54, 1.807) is 0 Å². The maximum atomic E-state index is 11.5. The van der Waals surface area contributed by atoms with Crippen LogP contribution in [0.2, 0.25) is 0 Å². The minimum atomic E-state index is -0.531. The summed E-state index contributed by atoms with van der Waals surface area (Å²) in [6, 6.07) is -0.155. The van der Waals surface area contributed by atoms with E-state index in [-0.39, 0.29) is 11.9 Å². The molecule has 2 aliphatic rings. The zero-order valence-electron chi connectivity index (χ0n) is 11.6. The van der Waals surface area contributed by atoms with Gasteiger partial charge in [-0.15, -0.1) is 0 Å². The molecule has 2 rings (SSSR count). The van der Waals surface area contributed by atoms with Crippen molar-refractivity contribution in [3.63, 3.8) is 0 Å². The third-order valence-corrected chi connectivity index (χ3v) is 3.96. The van der Waals surface area contributed by atoms with Crippen LogP contribution >= 0.6 is 0 Å². The van der Waals surface area contributed by atoms with Crippen molar-refractivity contribution in [3.05, 3.63) is 0 Å². The highest BCUT2D eigenvalue weighted by atomic mass is 16.5. The summed E-state index contributed by atoms with van der Waals surface area (Å²) in [6.07, 6.45) is 7.65. The quantitative estimate of drug-likeness (QED) is 0.660. The molecule has 1 saturated heterocycles. The summed E-state index contributed by atoms with van der Waals surface area (Å²) in [5.41, 5.74) is 0. The molecule has 2 fully saturated rings. The van der Waals surface area contributed by atoms with Crippen molar-refractivity contribution in [1.29, 1.82) is 0 Å². The highest BCUT2D eigenvalue weighted by Gasteiger charge is 2.22. The van der Waals surface area contributed by atoms with Gasteiger partial charge in [-0.05, 0) is 25.7 Å². The average molecular weight is 270 g/mol. The average Bonchev–Trinajstić information content (AvgIpc) is 2.45. The van der Waals surface area contributed by atoms with E-state index in [0.717, 1.165) is 32.2 Å². The first kappa shape index (κ1) is 14.8. The summed E-state index contributed by atoms with van der Waals surface area (Å²) in [4.78, 5) is 11.5. The molecule has 3 N–H and O–H groups in total. The van der Waals surface area contributed by atoms with E-state index in [1.807, 2.05) is 0 Å². The fraction of sp³-hybridized carbons (Fsp3) is 0.929. The maximum Gasteiger partial charge on any atom is 0.237 e. The maximum absolute atomic E-state index is 11.5. The number of piperidine rings is 1. The molecular formula is C14H26N2O3. The Hall–Kier alpha value is -0.650. The Balaban J connectivity index is 1.58. The van der Waals surface area contributed by atoms with Crippen LogP contribution in [0.25, 0.3) is 0 Å². The minimum Gasteiger partial charge on any atom is -0.389 e. The Kier molecular flexibility index (Phi) is 6.07. The standard InChI is InChI=1S/C14H26N2O3/c17-11(10-19-12-5-2-1-3-6-12)9-16-13-7-4-8-15-14(13)18/h11-13,16-17H,1-10H2,(H,15,18). The zero-order valence-corrected chi connectivity index (χ0v) is 11.6. The normalized spacial score (nSPS) is 27.0. The van der Waals surface area contributed by atoms with Gasteiger partial charge in [0, 0.05) is 13.1 Å². The number of carbonyl (C=O) groups excluding carboxylic acids is 1. The van der Waals surface area contributed by atoms with E-state index in [2.05, 4.69) is 10.6 Å². The fourth-order valence-electron chi connectivity index (χ4n) is 2.78. The van der Waals surface area contributed by atoms with Gasteiger partial charge in [0.05, 0.1) is 24.9 Å². The number of aliphatic hydroxyl groups excluding tert-OH is 1. The van der Waals surface area contributed by atoms with Crippen molar-refractivity contribution >= 4 is 5.91 Å². The molecule has 19 heavy (non-hydrogen) atoms. The van der Waals surface area contributed by atoms with E-state index in [9.17, 15) is 9.90 Å². The van der Waals surface area contributed by atoms with Crippen LogP contribution in [-0.4, -0.2) is 49.0 Å². The van der Waals surface area contributed by atoms with Crippen molar-refractivity contribution < 1.29 is 14.6 Å². The van der Waals surface area contributed by atoms with Crippen LogP contribution in [0.1, 0.15) is 44.9 Å². The van der Waals surface area contributed by atoms with Crippen molar-refractivity contribution in [1.82, 2.24) is 10.6 Å². The van der Waals surface area contributed by atoms with Crippen LogP contribution in [0.4, 0.5) is 0 Å². The predicted molar refractivity (Wildman–Crippen MR) is 72.9 cm³/mol. The summed E-state index contributed by atoms with van der Waals surface area (Å²) in [5, 5.41) is 15.8. The van der Waals surface area contributed by atoms with E-state index >= 15 is 0 Å². The SMILES string of the molecule is O=C1NCCCC1NCC(O)COC1CCCCC1. The van der Waals surface area contributed by atoms with Crippen LogP contribution in [0, 0.1) is 0 Å². The van der Waals surface area contributed by atoms with Crippen molar-refractivity contribution in [2.24, 2.45) is 0 Å². The topological polar surface area (TPSA) is 70.6 Å². The second-order valence-electron chi connectivity index (χ2n) is 5.64. The van der Waals surface area contributed by atoms with Crippen LogP contribution in [0.5, 0.6) is 0 Å². The van der Waals surface area contributed by atoms with Gasteiger partial charge in [-0.25, -0.2) is 0 Å². The Morgan fingerprint density at radius 1 is 1.26 bits per heavy atom. The molecule has 0 spiro atoms. The minimum absolute atomic E-state index is 0.0478. The summed E-state index contributed by atoms with van der Waals surface area (Å²) in [7, 11) is 0. The van der Waals surface area contributed by atoms with Crippen molar-refractivity contribution in [2.75, 3.05) is 19.7 Å². The second kappa shape index (κ2) is 7.82. The van der Waals surface area contributed by atoms with E-state index in [4.69, 9.17) is 4.74 Å². The molecule has 1 saturated carbocycles. The first-order valence-corrected chi connectivity index (χ1v) is 7.56. The highest BCUT2D eigenvalue weighted by molar-refractivity contribution is 5.82. The number of rotatable bonds is 6. The molecule has 1 heterocycles. The third-order valence-electron chi connectivity index (χ3n) is 3.96. The number of nitrogens with one attached hydrogen (secondary N) is 2. The molecule has 0 bridgehead atoms. The van der Waals surface area contributed by atoms with E-state index in [0.29, 0.717) is 19.3 Å². The monoisotopic (exact) mass is 270 g/mol. The van der Waals surface area contributed by atoms with Crippen LogP contribution < -0.4 is 10.6 Å². The first-order chi connectivity index (χ1) is 9.25. The molecule has 1 aliphatic heterocycles. The zero-order chi connectivity index (χ0) is 13.5. The Morgan fingerprint density at radius 2 is 2.05 bits per heavy atom. The molecule has 2 atom stereocenters. The van der Waals surface area contributed by atoms with Crippen LogP contribution in [-0.2, 0) is 9.53 Å². The first-order valence-electron chi connectivity index (χ1n) is 7.56. The lowest BCUT2D eigenvalue weighted by Gasteiger charge is -2.26. The molecule has 5 nitrogen and oxygen atoms in total. The molecule has 5 heteroatoms.